The molecule has 18 heavy (non-hydrogen) atoms. The molecule has 0 spiro atoms. The number of rotatable bonds is 1. The van der Waals surface area contributed by atoms with Gasteiger partial charge in [-0.3, -0.25) is 0 Å². The Hall–Kier alpha value is -1.03. The number of nitrogens with two attached hydrogens (primary N) is 1. The van der Waals surface area contributed by atoms with E-state index in [1.807, 2.05) is 24.3 Å². The Bertz CT molecular complexity index is 575. The molecule has 5 heteroatoms. The molecule has 2 heterocycles. The number of imidazole rings is 1. The van der Waals surface area contributed by atoms with Crippen LogP contribution >= 0.6 is 23.2 Å². The largest absolute Gasteiger partial charge is 0.326 e. The second kappa shape index (κ2) is 4.57. The third-order valence-electron chi connectivity index (χ3n) is 3.30. The van der Waals surface area contributed by atoms with Crippen molar-refractivity contribution in [1.82, 2.24) is 9.55 Å². The van der Waals surface area contributed by atoms with Gasteiger partial charge in [-0.2, -0.15) is 0 Å². The first-order valence-corrected chi connectivity index (χ1v) is 6.67. The molecule has 1 aromatic heterocycles. The van der Waals surface area contributed by atoms with Crippen LogP contribution in [0.4, 0.5) is 0 Å². The Labute approximate surface area is 116 Å². The summed E-state index contributed by atoms with van der Waals surface area (Å²) in [7, 11) is 0. The predicted molar refractivity (Wildman–Crippen MR) is 74.0 cm³/mol. The number of hydrogen-bond donors (Lipinski definition) is 1. The maximum Gasteiger partial charge on any atom is 0.150 e. The minimum absolute atomic E-state index is 0.175. The van der Waals surface area contributed by atoms with E-state index in [9.17, 15) is 0 Å². The van der Waals surface area contributed by atoms with Crippen LogP contribution in [0, 0.1) is 0 Å². The normalized spacial score (nSPS) is 18.7. The van der Waals surface area contributed by atoms with Gasteiger partial charge in [0.05, 0.1) is 5.69 Å². The summed E-state index contributed by atoms with van der Waals surface area (Å²) in [4.78, 5) is 4.46. The lowest BCUT2D eigenvalue weighted by atomic mass is 10.1. The van der Waals surface area contributed by atoms with Crippen molar-refractivity contribution in [3.05, 3.63) is 40.1 Å². The Morgan fingerprint density at radius 2 is 1.94 bits per heavy atom. The van der Waals surface area contributed by atoms with Crippen LogP contribution in [-0.2, 0) is 13.0 Å². The summed E-state index contributed by atoms with van der Waals surface area (Å²) in [6.45, 7) is 0.771. The second-order valence-electron chi connectivity index (χ2n) is 4.59. The zero-order valence-corrected chi connectivity index (χ0v) is 11.2. The van der Waals surface area contributed by atoms with Crippen LogP contribution in [0.2, 0.25) is 10.2 Å². The zero-order chi connectivity index (χ0) is 12.7. The van der Waals surface area contributed by atoms with Gasteiger partial charge in [0.1, 0.15) is 5.82 Å². The molecular formula is C13H13Cl2N3. The standard InChI is InChI=1S/C13H13Cl2N3/c14-9-3-1-8(2-4-9)13-17-12(15)11-6-5-10(16)7-18(11)13/h1-4,10H,5-7,16H2. The fraction of sp³-hybridized carbons (Fsp3) is 0.308. The van der Waals surface area contributed by atoms with Gasteiger partial charge in [0.15, 0.2) is 5.15 Å². The molecule has 1 unspecified atom stereocenters. The molecule has 2 aromatic rings. The maximum absolute atomic E-state index is 6.19. The highest BCUT2D eigenvalue weighted by molar-refractivity contribution is 6.30. The average Bonchev–Trinajstić information content (AvgIpc) is 2.67. The molecule has 0 aliphatic carbocycles. The van der Waals surface area contributed by atoms with Gasteiger partial charge in [0.2, 0.25) is 0 Å². The van der Waals surface area contributed by atoms with Crippen molar-refractivity contribution in [3.8, 4) is 11.4 Å². The van der Waals surface area contributed by atoms with Crippen molar-refractivity contribution >= 4 is 23.2 Å². The van der Waals surface area contributed by atoms with Gasteiger partial charge in [-0.15, -0.1) is 0 Å². The van der Waals surface area contributed by atoms with E-state index in [1.54, 1.807) is 0 Å². The van der Waals surface area contributed by atoms with Crippen LogP contribution in [0.25, 0.3) is 11.4 Å². The number of nitrogens with zero attached hydrogens (tertiary/aromatic N) is 2. The maximum atomic E-state index is 6.19. The van der Waals surface area contributed by atoms with Gasteiger partial charge >= 0.3 is 0 Å². The summed E-state index contributed by atoms with van der Waals surface area (Å²) in [5, 5.41) is 1.30. The Morgan fingerprint density at radius 3 is 2.67 bits per heavy atom. The number of halogens is 2. The summed E-state index contributed by atoms with van der Waals surface area (Å²) in [5.74, 6) is 0.877. The van der Waals surface area contributed by atoms with Crippen molar-refractivity contribution in [2.45, 2.75) is 25.4 Å². The Kier molecular flexibility index (Phi) is 3.06. The molecule has 0 saturated carbocycles. The molecular weight excluding hydrogens is 269 g/mol. The molecule has 0 bridgehead atoms. The first-order chi connectivity index (χ1) is 8.65. The van der Waals surface area contributed by atoms with Crippen LogP contribution in [0.5, 0.6) is 0 Å². The Morgan fingerprint density at radius 1 is 1.22 bits per heavy atom. The lowest BCUT2D eigenvalue weighted by Gasteiger charge is -2.22. The van der Waals surface area contributed by atoms with E-state index in [2.05, 4.69) is 9.55 Å². The number of benzene rings is 1. The third-order valence-corrected chi connectivity index (χ3v) is 3.85. The van der Waals surface area contributed by atoms with Gasteiger partial charge in [0.25, 0.3) is 0 Å². The fourth-order valence-corrected chi connectivity index (χ4v) is 2.76. The quantitative estimate of drug-likeness (QED) is 0.873. The molecule has 0 fully saturated rings. The van der Waals surface area contributed by atoms with E-state index < -0.39 is 0 Å². The van der Waals surface area contributed by atoms with Gasteiger partial charge in [0, 0.05) is 23.2 Å². The zero-order valence-electron chi connectivity index (χ0n) is 9.74. The van der Waals surface area contributed by atoms with Crippen molar-refractivity contribution in [2.24, 2.45) is 5.73 Å². The molecule has 1 atom stereocenters. The molecule has 0 saturated heterocycles. The number of aromatic nitrogens is 2. The van der Waals surface area contributed by atoms with Gasteiger partial charge < -0.3 is 10.3 Å². The molecule has 0 amide bonds. The highest BCUT2D eigenvalue weighted by atomic mass is 35.5. The van der Waals surface area contributed by atoms with Gasteiger partial charge in [-0.05, 0) is 37.1 Å². The second-order valence-corrected chi connectivity index (χ2v) is 5.38. The molecule has 94 valence electrons. The first-order valence-electron chi connectivity index (χ1n) is 5.91. The topological polar surface area (TPSA) is 43.8 Å². The van der Waals surface area contributed by atoms with E-state index in [0.29, 0.717) is 10.2 Å². The summed E-state index contributed by atoms with van der Waals surface area (Å²) >= 11 is 12.1. The van der Waals surface area contributed by atoms with E-state index in [0.717, 1.165) is 36.5 Å². The van der Waals surface area contributed by atoms with E-state index >= 15 is 0 Å². The van der Waals surface area contributed by atoms with Crippen LogP contribution in [0.1, 0.15) is 12.1 Å². The Balaban J connectivity index is 2.10. The minimum Gasteiger partial charge on any atom is -0.326 e. The molecule has 3 rings (SSSR count). The van der Waals surface area contributed by atoms with Crippen LogP contribution in [0.3, 0.4) is 0 Å². The highest BCUT2D eigenvalue weighted by Gasteiger charge is 2.23. The van der Waals surface area contributed by atoms with Crippen LogP contribution in [0.15, 0.2) is 24.3 Å². The third kappa shape index (κ3) is 2.03. The van der Waals surface area contributed by atoms with Gasteiger partial charge in [-0.1, -0.05) is 23.2 Å². The SMILES string of the molecule is NC1CCc2c(Cl)nc(-c3ccc(Cl)cc3)n2C1. The number of fused-ring (bicyclic) bond motifs is 1. The summed E-state index contributed by atoms with van der Waals surface area (Å²) < 4.78 is 2.12. The van der Waals surface area contributed by atoms with E-state index in [4.69, 9.17) is 28.9 Å². The fourth-order valence-electron chi connectivity index (χ4n) is 2.36. The summed E-state index contributed by atoms with van der Waals surface area (Å²) in [5.41, 5.74) is 8.12. The molecule has 0 radical (unpaired) electrons. The summed E-state index contributed by atoms with van der Waals surface area (Å²) in [6, 6.07) is 7.79. The number of hydrogen-bond acceptors (Lipinski definition) is 2. The van der Waals surface area contributed by atoms with E-state index in [1.165, 1.54) is 0 Å². The predicted octanol–water partition coefficient (Wildman–Crippen LogP) is 3.13. The lowest BCUT2D eigenvalue weighted by Crippen LogP contribution is -2.32. The van der Waals surface area contributed by atoms with Crippen molar-refractivity contribution in [2.75, 3.05) is 0 Å². The molecule has 1 aliphatic rings. The molecule has 1 aromatic carbocycles. The van der Waals surface area contributed by atoms with E-state index in [-0.39, 0.29) is 6.04 Å². The van der Waals surface area contributed by atoms with Crippen LogP contribution in [-0.4, -0.2) is 15.6 Å². The van der Waals surface area contributed by atoms with Crippen molar-refractivity contribution in [3.63, 3.8) is 0 Å². The monoisotopic (exact) mass is 281 g/mol. The lowest BCUT2D eigenvalue weighted by molar-refractivity contribution is 0.464. The van der Waals surface area contributed by atoms with Gasteiger partial charge in [-0.25, -0.2) is 4.98 Å². The minimum atomic E-state index is 0.175. The van der Waals surface area contributed by atoms with Crippen molar-refractivity contribution < 1.29 is 0 Å². The van der Waals surface area contributed by atoms with Crippen LogP contribution < -0.4 is 5.73 Å². The first kappa shape index (κ1) is 12.0. The highest BCUT2D eigenvalue weighted by Crippen LogP contribution is 2.30. The molecule has 3 nitrogen and oxygen atoms in total. The average molecular weight is 282 g/mol. The molecule has 1 aliphatic heterocycles. The van der Waals surface area contributed by atoms with Crippen molar-refractivity contribution in [1.29, 1.82) is 0 Å². The summed E-state index contributed by atoms with van der Waals surface area (Å²) in [6.07, 6.45) is 1.85. The molecule has 2 N–H and O–H groups in total. The smallest absolute Gasteiger partial charge is 0.150 e.